The van der Waals surface area contributed by atoms with Crippen molar-refractivity contribution in [3.8, 4) is 0 Å². The van der Waals surface area contributed by atoms with Crippen molar-refractivity contribution < 1.29 is 44.6 Å². The molecule has 1 aliphatic heterocycles. The number of carbonyl (C=O) groups excluding carboxylic acids is 4. The Labute approximate surface area is 112 Å². The molecule has 14 heteroatoms. The van der Waals surface area contributed by atoms with Crippen molar-refractivity contribution in [1.29, 1.82) is 0 Å². The lowest BCUT2D eigenvalue weighted by molar-refractivity contribution is -0.202. The first kappa shape index (κ1) is 16.2. The molecule has 0 aliphatic carbocycles. The maximum atomic E-state index is 11.4. The van der Waals surface area contributed by atoms with E-state index in [4.69, 9.17) is 0 Å². The molecule has 0 aromatic rings. The molecule has 0 radical (unpaired) electrons. The molecule has 0 bridgehead atoms. The summed E-state index contributed by atoms with van der Waals surface area (Å²) in [5.74, 6) is -7.65. The molecule has 12 nitrogen and oxygen atoms in total. The standard InChI is InChI=1S/C6H6N2O10S2/c1-19(13,14)17-7-3(9)5(11)8(6(12)4(7)10)18-20(2,15)16/h1-2H3. The number of imide groups is 2. The molecule has 0 aromatic carbocycles. The number of hydrogen-bond acceptors (Lipinski definition) is 10. The summed E-state index contributed by atoms with van der Waals surface area (Å²) in [5.41, 5.74) is 0. The van der Waals surface area contributed by atoms with Crippen molar-refractivity contribution in [2.24, 2.45) is 0 Å². The number of nitrogens with zero attached hydrogens (tertiary/aromatic N) is 2. The van der Waals surface area contributed by atoms with Gasteiger partial charge >= 0.3 is 23.6 Å². The quantitative estimate of drug-likeness (QED) is 0.373. The van der Waals surface area contributed by atoms with Gasteiger partial charge in [-0.3, -0.25) is 19.2 Å². The second-order valence-electron chi connectivity index (χ2n) is 3.37. The molecular weight excluding hydrogens is 324 g/mol. The molecular formula is C6H6N2O10S2. The number of hydroxylamine groups is 4. The average molecular weight is 330 g/mol. The number of piperazine rings is 1. The van der Waals surface area contributed by atoms with Gasteiger partial charge in [-0.1, -0.05) is 0 Å². The fraction of sp³-hybridized carbons (Fsp3) is 0.333. The Balaban J connectivity index is 3.16. The van der Waals surface area contributed by atoms with Crippen molar-refractivity contribution in [1.82, 2.24) is 10.1 Å². The van der Waals surface area contributed by atoms with Crippen LogP contribution in [0.1, 0.15) is 0 Å². The zero-order valence-corrected chi connectivity index (χ0v) is 11.4. The van der Waals surface area contributed by atoms with Gasteiger partial charge in [0.1, 0.15) is 0 Å². The summed E-state index contributed by atoms with van der Waals surface area (Å²) >= 11 is 0. The van der Waals surface area contributed by atoms with Crippen molar-refractivity contribution >= 4 is 43.9 Å². The van der Waals surface area contributed by atoms with E-state index in [1.807, 2.05) is 0 Å². The normalized spacial score (nSPS) is 17.9. The topological polar surface area (TPSA) is 161 Å². The maximum absolute atomic E-state index is 11.4. The molecule has 1 aliphatic rings. The van der Waals surface area contributed by atoms with Gasteiger partial charge in [-0.2, -0.15) is 16.8 Å². The zero-order chi connectivity index (χ0) is 15.9. The van der Waals surface area contributed by atoms with Crippen molar-refractivity contribution in [3.05, 3.63) is 0 Å². The van der Waals surface area contributed by atoms with Gasteiger partial charge in [0.2, 0.25) is 0 Å². The van der Waals surface area contributed by atoms with Crippen LogP contribution >= 0.6 is 0 Å². The summed E-state index contributed by atoms with van der Waals surface area (Å²) in [4.78, 5) is 45.4. The van der Waals surface area contributed by atoms with E-state index < -0.39 is 54.0 Å². The molecule has 1 saturated heterocycles. The Morgan fingerprint density at radius 3 is 1.00 bits per heavy atom. The first-order valence-electron chi connectivity index (χ1n) is 4.39. The minimum absolute atomic E-state index is 0.446. The summed E-state index contributed by atoms with van der Waals surface area (Å²) in [6.07, 6.45) is 0.893. The predicted molar refractivity (Wildman–Crippen MR) is 55.6 cm³/mol. The lowest BCUT2D eigenvalue weighted by Crippen LogP contribution is -2.60. The largest absolute Gasteiger partial charge is 0.347 e. The summed E-state index contributed by atoms with van der Waals surface area (Å²) in [6, 6.07) is 0. The highest BCUT2D eigenvalue weighted by Crippen LogP contribution is 2.12. The minimum Gasteiger partial charge on any atom is -0.260 e. The summed E-state index contributed by atoms with van der Waals surface area (Å²) < 4.78 is 50.8. The Bertz CT molecular complexity index is 614. The molecule has 1 rings (SSSR count). The number of hydrogen-bond donors (Lipinski definition) is 0. The molecule has 0 spiro atoms. The van der Waals surface area contributed by atoms with Crippen LogP contribution in [-0.4, -0.2) is 63.1 Å². The third kappa shape index (κ3) is 3.56. The van der Waals surface area contributed by atoms with E-state index in [2.05, 4.69) is 8.57 Å². The molecule has 0 saturated carbocycles. The molecule has 0 N–H and O–H groups in total. The van der Waals surface area contributed by atoms with Gasteiger partial charge in [0.25, 0.3) is 20.2 Å². The van der Waals surface area contributed by atoms with Crippen LogP contribution in [0, 0.1) is 0 Å². The van der Waals surface area contributed by atoms with Gasteiger partial charge in [0.05, 0.1) is 12.5 Å². The summed E-state index contributed by atoms with van der Waals surface area (Å²) in [5, 5.41) is -1.22. The van der Waals surface area contributed by atoms with E-state index in [1.165, 1.54) is 0 Å². The highest BCUT2D eigenvalue weighted by molar-refractivity contribution is 7.86. The summed E-state index contributed by atoms with van der Waals surface area (Å²) in [6.45, 7) is 0. The molecule has 1 fully saturated rings. The van der Waals surface area contributed by atoms with Crippen LogP contribution in [0.4, 0.5) is 0 Å². The average Bonchev–Trinajstić information content (AvgIpc) is 2.25. The van der Waals surface area contributed by atoms with Gasteiger partial charge in [-0.15, -0.1) is 18.7 Å². The van der Waals surface area contributed by atoms with Crippen LogP contribution < -0.4 is 0 Å². The smallest absolute Gasteiger partial charge is 0.260 e. The highest BCUT2D eigenvalue weighted by atomic mass is 32.2. The van der Waals surface area contributed by atoms with Gasteiger partial charge in [0.15, 0.2) is 0 Å². The van der Waals surface area contributed by atoms with Crippen molar-refractivity contribution in [3.63, 3.8) is 0 Å². The van der Waals surface area contributed by atoms with Crippen molar-refractivity contribution in [2.75, 3.05) is 12.5 Å². The molecule has 112 valence electrons. The fourth-order valence-corrected chi connectivity index (χ4v) is 1.75. The van der Waals surface area contributed by atoms with Crippen LogP contribution in [0.25, 0.3) is 0 Å². The highest BCUT2D eigenvalue weighted by Gasteiger charge is 2.50. The van der Waals surface area contributed by atoms with Crippen LogP contribution in [0.5, 0.6) is 0 Å². The monoisotopic (exact) mass is 330 g/mol. The van der Waals surface area contributed by atoms with E-state index in [0.717, 1.165) is 0 Å². The van der Waals surface area contributed by atoms with Crippen LogP contribution in [-0.2, 0) is 48.0 Å². The van der Waals surface area contributed by atoms with Crippen LogP contribution in [0.15, 0.2) is 0 Å². The molecule has 0 atom stereocenters. The van der Waals surface area contributed by atoms with Gasteiger partial charge < -0.3 is 0 Å². The second-order valence-corrected chi connectivity index (χ2v) is 6.48. The van der Waals surface area contributed by atoms with Gasteiger partial charge in [-0.05, 0) is 0 Å². The fourth-order valence-electron chi connectivity index (χ4n) is 0.938. The predicted octanol–water partition coefficient (Wildman–Crippen LogP) is -3.51. The van der Waals surface area contributed by atoms with Gasteiger partial charge in [-0.25, -0.2) is 0 Å². The van der Waals surface area contributed by atoms with E-state index in [-0.39, 0.29) is 0 Å². The van der Waals surface area contributed by atoms with Gasteiger partial charge in [0, 0.05) is 0 Å². The van der Waals surface area contributed by atoms with E-state index in [1.54, 1.807) is 0 Å². The third-order valence-electron chi connectivity index (χ3n) is 1.52. The number of carbonyl (C=O) groups is 4. The number of amides is 4. The van der Waals surface area contributed by atoms with E-state index >= 15 is 0 Å². The Morgan fingerprint density at radius 2 is 0.850 bits per heavy atom. The lowest BCUT2D eigenvalue weighted by atomic mass is 10.3. The minimum atomic E-state index is -4.39. The SMILES string of the molecule is CS(=O)(=O)ON1C(=O)C(=O)N(OS(C)(=O)=O)C(=O)C1=O. The first-order valence-corrected chi connectivity index (χ1v) is 8.03. The van der Waals surface area contributed by atoms with E-state index in [9.17, 15) is 36.0 Å². The molecule has 20 heavy (non-hydrogen) atoms. The van der Waals surface area contributed by atoms with E-state index in [0.29, 0.717) is 12.5 Å². The number of rotatable bonds is 4. The molecule has 4 amide bonds. The molecule has 0 aromatic heterocycles. The zero-order valence-electron chi connectivity index (χ0n) is 9.79. The first-order chi connectivity index (χ1) is 8.83. The maximum Gasteiger partial charge on any atom is 0.347 e. The lowest BCUT2D eigenvalue weighted by Gasteiger charge is -2.26. The second kappa shape index (κ2) is 4.89. The molecule has 1 heterocycles. The van der Waals surface area contributed by atoms with Crippen LogP contribution in [0.2, 0.25) is 0 Å². The van der Waals surface area contributed by atoms with Crippen molar-refractivity contribution in [2.45, 2.75) is 0 Å². The Kier molecular flexibility index (Phi) is 3.95. The molecule has 0 unspecified atom stereocenters. The summed E-state index contributed by atoms with van der Waals surface area (Å²) in [7, 11) is -8.77. The Hall–Kier alpha value is -1.90. The third-order valence-corrected chi connectivity index (χ3v) is 2.36. The van der Waals surface area contributed by atoms with Crippen LogP contribution in [0.3, 0.4) is 0 Å². The Morgan fingerprint density at radius 1 is 0.650 bits per heavy atom.